The van der Waals surface area contributed by atoms with Gasteiger partial charge in [-0.15, -0.1) is 0 Å². The third-order valence-electron chi connectivity index (χ3n) is 0.926. The second-order valence-electron chi connectivity index (χ2n) is 1.58. The molecule has 0 aliphatic heterocycles. The highest BCUT2D eigenvalue weighted by atomic mass is 127. The first kappa shape index (κ1) is 5.41. The molecule has 0 bridgehead atoms. The van der Waals surface area contributed by atoms with Crippen molar-refractivity contribution in [3.8, 4) is 0 Å². The third kappa shape index (κ3) is 1.78. The van der Waals surface area contributed by atoms with Crippen LogP contribution in [0.3, 0.4) is 0 Å². The molecule has 0 N–H and O–H groups in total. The van der Waals surface area contributed by atoms with Gasteiger partial charge in [-0.1, -0.05) is 12.1 Å². The zero-order valence-corrected chi connectivity index (χ0v) is 6.75. The van der Waals surface area contributed by atoms with Gasteiger partial charge in [0.2, 0.25) is 0 Å². The van der Waals surface area contributed by atoms with Gasteiger partial charge in [0.15, 0.2) is 0 Å². The highest BCUT2D eigenvalue weighted by Gasteiger charge is 1.86. The van der Waals surface area contributed by atoms with Crippen LogP contribution in [0.4, 0.5) is 0 Å². The van der Waals surface area contributed by atoms with E-state index in [1.807, 2.05) is 6.07 Å². The van der Waals surface area contributed by atoms with Crippen molar-refractivity contribution in [1.29, 1.82) is 0 Å². The van der Waals surface area contributed by atoms with Gasteiger partial charge >= 0.3 is 0 Å². The Labute approximate surface area is 68.6 Å². The number of carbonyl (C=O) groups is 1. The summed E-state index contributed by atoms with van der Waals surface area (Å²) >= 11 is 2.10. The molecule has 0 saturated heterocycles. The van der Waals surface area contributed by atoms with Gasteiger partial charge in [0, 0.05) is 9.13 Å². The summed E-state index contributed by atoms with van der Waals surface area (Å²) in [6.07, 6.45) is 0.693. The molecule has 0 unspecified atom stereocenters. The summed E-state index contributed by atoms with van der Waals surface area (Å²) in [5, 5.41) is 0. The normalized spacial score (nSPS) is 10.6. The Morgan fingerprint density at radius 2 is 2.33 bits per heavy atom. The zero-order chi connectivity index (χ0) is 7.56. The first-order chi connectivity index (χ1) is 4.74. The largest absolute Gasteiger partial charge is 0.298 e. The van der Waals surface area contributed by atoms with Crippen LogP contribution in [0, 0.1) is 3.57 Å². The summed E-state index contributed by atoms with van der Waals surface area (Å²) in [4.78, 5) is 10.2. The van der Waals surface area contributed by atoms with Gasteiger partial charge in [-0.3, -0.25) is 4.79 Å². The van der Waals surface area contributed by atoms with E-state index in [-0.39, 0.29) is 0 Å². The Bertz CT molecular complexity index is 260. The molecule has 0 heterocycles. The molecular weight excluding hydrogens is 227 g/mol. The van der Waals surface area contributed by atoms with Gasteiger partial charge in [0.1, 0.15) is 6.29 Å². The van der Waals surface area contributed by atoms with E-state index in [0.717, 1.165) is 3.57 Å². The number of aldehydes is 1. The van der Waals surface area contributed by atoms with E-state index in [4.69, 9.17) is 1.37 Å². The van der Waals surface area contributed by atoms with Crippen molar-refractivity contribution in [2.75, 3.05) is 0 Å². The van der Waals surface area contributed by atoms with Crippen LogP contribution in [0.15, 0.2) is 24.2 Å². The van der Waals surface area contributed by atoms with Gasteiger partial charge < -0.3 is 0 Å². The maximum absolute atomic E-state index is 10.2. The molecule has 0 spiro atoms. The smallest absolute Gasteiger partial charge is 0.150 e. The van der Waals surface area contributed by atoms with Crippen LogP contribution in [0.25, 0.3) is 0 Å². The molecular formula is C7H5IO. The van der Waals surface area contributed by atoms with Gasteiger partial charge in [-0.25, -0.2) is 0 Å². The fourth-order valence-electron chi connectivity index (χ4n) is 0.491. The fourth-order valence-corrected chi connectivity index (χ4v) is 0.827. The van der Waals surface area contributed by atoms with Crippen molar-refractivity contribution in [1.82, 2.24) is 0 Å². The Morgan fingerprint density at radius 3 is 2.89 bits per heavy atom. The highest BCUT2D eigenvalue weighted by Crippen LogP contribution is 2.04. The van der Waals surface area contributed by atoms with Crippen LogP contribution in [0.2, 0.25) is 0 Å². The molecule has 0 saturated carbocycles. The average molecular weight is 233 g/mol. The molecule has 1 rings (SSSR count). The van der Waals surface area contributed by atoms with Crippen LogP contribution in [0.5, 0.6) is 0 Å². The van der Waals surface area contributed by atoms with Gasteiger partial charge in [-0.05, 0) is 34.7 Å². The van der Waals surface area contributed by atoms with Crippen molar-refractivity contribution in [3.05, 3.63) is 33.4 Å². The summed E-state index contributed by atoms with van der Waals surface area (Å²) in [6, 6.07) is 5.41. The van der Waals surface area contributed by atoms with Crippen molar-refractivity contribution < 1.29 is 6.17 Å². The van der Waals surface area contributed by atoms with Crippen molar-refractivity contribution in [3.63, 3.8) is 0 Å². The Hall–Kier alpha value is -0.380. The second-order valence-corrected chi connectivity index (χ2v) is 2.83. The first-order valence-electron chi connectivity index (χ1n) is 2.95. The van der Waals surface area contributed by atoms with E-state index in [1.165, 1.54) is 0 Å². The van der Waals surface area contributed by atoms with E-state index in [2.05, 4.69) is 22.6 Å². The number of rotatable bonds is 1. The molecule has 2 heteroatoms. The summed E-state index contributed by atoms with van der Waals surface area (Å²) in [5.74, 6) is 0. The fraction of sp³-hybridized carbons (Fsp3) is 0. The molecule has 0 atom stereocenters. The third-order valence-corrected chi connectivity index (χ3v) is 1.60. The number of benzene rings is 1. The Balaban J connectivity index is 3.19. The van der Waals surface area contributed by atoms with Crippen molar-refractivity contribution in [2.45, 2.75) is 0 Å². The van der Waals surface area contributed by atoms with E-state index in [1.54, 1.807) is 12.1 Å². The first-order valence-corrected chi connectivity index (χ1v) is 3.53. The lowest BCUT2D eigenvalue weighted by Gasteiger charge is -1.87. The average Bonchev–Trinajstić information content (AvgIpc) is 1.88. The van der Waals surface area contributed by atoms with Crippen molar-refractivity contribution in [2.24, 2.45) is 0 Å². The molecule has 0 radical (unpaired) electrons. The molecule has 46 valence electrons. The van der Waals surface area contributed by atoms with Gasteiger partial charge in [0.25, 0.3) is 0 Å². The molecule has 0 amide bonds. The lowest BCUT2D eigenvalue weighted by atomic mass is 10.2. The minimum Gasteiger partial charge on any atom is -0.298 e. The molecule has 0 aliphatic rings. The van der Waals surface area contributed by atoms with Gasteiger partial charge in [-0.2, -0.15) is 0 Å². The Morgan fingerprint density at radius 1 is 1.56 bits per heavy atom. The van der Waals surface area contributed by atoms with Crippen LogP contribution >= 0.6 is 22.6 Å². The van der Waals surface area contributed by atoms with Crippen LogP contribution in [-0.2, 0) is 0 Å². The van der Waals surface area contributed by atoms with Crippen LogP contribution in [-0.4, -0.2) is 6.29 Å². The standard InChI is InChI=1S/C7H5IO/c8-7-3-1-6(5-9)2-4-7/h1-5H/i1D. The molecule has 9 heavy (non-hydrogen) atoms. The van der Waals surface area contributed by atoms with E-state index in [9.17, 15) is 4.79 Å². The molecule has 1 nitrogen and oxygen atoms in total. The minimum atomic E-state index is 0.293. The van der Waals surface area contributed by atoms with E-state index in [0.29, 0.717) is 17.9 Å². The van der Waals surface area contributed by atoms with Gasteiger partial charge in [0.05, 0.1) is 1.37 Å². The molecule has 0 fully saturated rings. The van der Waals surface area contributed by atoms with Crippen LogP contribution < -0.4 is 0 Å². The summed E-state index contributed by atoms with van der Waals surface area (Å²) in [6.45, 7) is 0. The van der Waals surface area contributed by atoms with E-state index < -0.39 is 0 Å². The summed E-state index contributed by atoms with van der Waals surface area (Å²) in [5.41, 5.74) is 0.445. The highest BCUT2D eigenvalue weighted by molar-refractivity contribution is 14.1. The minimum absolute atomic E-state index is 0.293. The Kier molecular flexibility index (Phi) is 1.78. The number of halogens is 1. The topological polar surface area (TPSA) is 17.1 Å². The molecule has 0 aliphatic carbocycles. The monoisotopic (exact) mass is 233 g/mol. The predicted octanol–water partition coefficient (Wildman–Crippen LogP) is 2.10. The lowest BCUT2D eigenvalue weighted by Crippen LogP contribution is -1.76. The molecule has 1 aromatic rings. The molecule has 0 aromatic heterocycles. The number of hydrogen-bond acceptors (Lipinski definition) is 1. The van der Waals surface area contributed by atoms with Crippen LogP contribution in [0.1, 0.15) is 11.7 Å². The van der Waals surface area contributed by atoms with Crippen molar-refractivity contribution >= 4 is 28.9 Å². The number of carbonyl (C=O) groups excluding carboxylic acids is 1. The summed E-state index contributed by atoms with van der Waals surface area (Å²) in [7, 11) is 0. The predicted molar refractivity (Wildman–Crippen MR) is 44.5 cm³/mol. The quantitative estimate of drug-likeness (QED) is 0.536. The maximum atomic E-state index is 10.2. The maximum Gasteiger partial charge on any atom is 0.150 e. The zero-order valence-electron chi connectivity index (χ0n) is 5.60. The summed E-state index contributed by atoms with van der Waals surface area (Å²) < 4.78 is 8.26. The SMILES string of the molecule is [2H]c1cc(I)ccc1C=O. The lowest BCUT2D eigenvalue weighted by molar-refractivity contribution is 0.112. The van der Waals surface area contributed by atoms with E-state index >= 15 is 0 Å². The molecule has 1 aromatic carbocycles. The number of hydrogen-bond donors (Lipinski definition) is 0. The second kappa shape index (κ2) is 2.96.